The normalized spacial score (nSPS) is 14.3. The number of aliphatic hydroxyl groups excluding tert-OH is 1. The number of aliphatic hydroxyl groups is 1. The maximum atomic E-state index is 11.8. The molecule has 2 atom stereocenters. The number of ketones is 2. The predicted octanol–water partition coefficient (Wildman–Crippen LogP) is 1.05. The molecule has 0 spiro atoms. The summed E-state index contributed by atoms with van der Waals surface area (Å²) in [6.07, 6.45) is 2.37. The third-order valence-corrected chi connectivity index (χ3v) is 5.40. The molecule has 0 fully saturated rings. The molecule has 0 aliphatic rings. The first-order chi connectivity index (χ1) is 14.3. The lowest BCUT2D eigenvalue weighted by Gasteiger charge is -2.33. The Labute approximate surface area is 182 Å². The van der Waals surface area contributed by atoms with Gasteiger partial charge >= 0.3 is 5.95 Å². The maximum absolute atomic E-state index is 11.8. The molecule has 31 heavy (non-hydrogen) atoms. The van der Waals surface area contributed by atoms with E-state index in [1.807, 2.05) is 0 Å². The third-order valence-electron chi connectivity index (χ3n) is 5.40. The van der Waals surface area contributed by atoms with Gasteiger partial charge in [-0.1, -0.05) is 4.98 Å². The number of aromatic nitrogens is 2. The lowest BCUT2D eigenvalue weighted by atomic mass is 9.96. The van der Waals surface area contributed by atoms with Gasteiger partial charge in [0.2, 0.25) is 0 Å². The smallest absolute Gasteiger partial charge is 0.390 e. The van der Waals surface area contributed by atoms with E-state index >= 15 is 0 Å². The highest BCUT2D eigenvalue weighted by atomic mass is 16.6. The molecule has 11 heteroatoms. The van der Waals surface area contributed by atoms with E-state index in [-0.39, 0.29) is 30.7 Å². The zero-order valence-corrected chi connectivity index (χ0v) is 19.2. The van der Waals surface area contributed by atoms with Crippen LogP contribution < -0.4 is 10.6 Å². The Morgan fingerprint density at radius 3 is 2.42 bits per heavy atom. The quantitative estimate of drug-likeness (QED) is 0.157. The predicted molar refractivity (Wildman–Crippen MR) is 114 cm³/mol. The summed E-state index contributed by atoms with van der Waals surface area (Å²) in [6, 6.07) is 0. The van der Waals surface area contributed by atoms with Gasteiger partial charge in [0.05, 0.1) is 24.2 Å². The molecule has 0 amide bonds. The molecular weight excluding hydrogens is 406 g/mol. The van der Waals surface area contributed by atoms with Crippen LogP contribution >= 0.6 is 0 Å². The van der Waals surface area contributed by atoms with E-state index in [0.29, 0.717) is 19.6 Å². The van der Waals surface area contributed by atoms with Crippen molar-refractivity contribution in [2.45, 2.75) is 71.8 Å². The number of hydrogen-bond acceptors (Lipinski definition) is 9. The van der Waals surface area contributed by atoms with Gasteiger partial charge < -0.3 is 25.3 Å². The second-order valence-electron chi connectivity index (χ2n) is 8.70. The van der Waals surface area contributed by atoms with Gasteiger partial charge in [-0.2, -0.15) is 0 Å². The SMILES string of the molecule is CC(=O)C(C)(C)NCC(COCCCn1ccnc1[N+](=O)[O-])C(O)NC(C)(C)C(C)=O. The fourth-order valence-electron chi connectivity index (χ4n) is 2.58. The summed E-state index contributed by atoms with van der Waals surface area (Å²) in [6.45, 7) is 10.9. The van der Waals surface area contributed by atoms with E-state index in [1.54, 1.807) is 27.7 Å². The molecule has 0 bridgehead atoms. The Morgan fingerprint density at radius 1 is 1.26 bits per heavy atom. The highest BCUT2D eigenvalue weighted by Crippen LogP contribution is 2.13. The van der Waals surface area contributed by atoms with Crippen molar-refractivity contribution in [3.05, 3.63) is 22.5 Å². The van der Waals surface area contributed by atoms with Crippen LogP contribution in [0.25, 0.3) is 0 Å². The largest absolute Gasteiger partial charge is 0.434 e. The molecule has 1 aromatic heterocycles. The molecule has 1 aromatic rings. The molecule has 0 saturated carbocycles. The number of nitrogens with one attached hydrogen (secondary N) is 2. The summed E-state index contributed by atoms with van der Waals surface area (Å²) in [5.74, 6) is -0.828. The van der Waals surface area contributed by atoms with Gasteiger partial charge in [-0.3, -0.25) is 14.9 Å². The lowest BCUT2D eigenvalue weighted by molar-refractivity contribution is -0.396. The number of imidazole rings is 1. The Kier molecular flexibility index (Phi) is 9.88. The molecule has 11 nitrogen and oxygen atoms in total. The van der Waals surface area contributed by atoms with Crippen molar-refractivity contribution < 1.29 is 24.4 Å². The summed E-state index contributed by atoms with van der Waals surface area (Å²) in [4.78, 5) is 37.6. The highest BCUT2D eigenvalue weighted by Gasteiger charge is 2.32. The minimum atomic E-state index is -1.05. The van der Waals surface area contributed by atoms with E-state index in [4.69, 9.17) is 4.74 Å². The van der Waals surface area contributed by atoms with E-state index < -0.39 is 28.1 Å². The Bertz CT molecular complexity index is 761. The number of nitrogens with zero attached hydrogens (tertiary/aromatic N) is 3. The number of nitro groups is 1. The first-order valence-electron chi connectivity index (χ1n) is 10.2. The van der Waals surface area contributed by atoms with Crippen LogP contribution in [-0.4, -0.2) is 68.2 Å². The van der Waals surface area contributed by atoms with Gasteiger partial charge in [0, 0.05) is 25.5 Å². The maximum Gasteiger partial charge on any atom is 0.434 e. The van der Waals surface area contributed by atoms with Crippen LogP contribution in [0.1, 0.15) is 48.0 Å². The minimum Gasteiger partial charge on any atom is -0.390 e. The van der Waals surface area contributed by atoms with Crippen LogP contribution in [0.5, 0.6) is 0 Å². The molecule has 2 unspecified atom stereocenters. The fraction of sp³-hybridized carbons (Fsp3) is 0.750. The second kappa shape index (κ2) is 11.4. The molecule has 0 aliphatic heterocycles. The Hall–Kier alpha value is -2.21. The first kappa shape index (κ1) is 26.8. The number of rotatable bonds is 15. The van der Waals surface area contributed by atoms with Crippen molar-refractivity contribution in [1.82, 2.24) is 20.2 Å². The summed E-state index contributed by atoms with van der Waals surface area (Å²) >= 11 is 0. The highest BCUT2D eigenvalue weighted by molar-refractivity contribution is 5.85. The Balaban J connectivity index is 2.66. The van der Waals surface area contributed by atoms with Crippen molar-refractivity contribution in [2.75, 3.05) is 19.8 Å². The van der Waals surface area contributed by atoms with Crippen LogP contribution in [0.3, 0.4) is 0 Å². The van der Waals surface area contributed by atoms with Crippen molar-refractivity contribution in [1.29, 1.82) is 0 Å². The molecule has 0 saturated heterocycles. The van der Waals surface area contributed by atoms with Crippen molar-refractivity contribution in [3.8, 4) is 0 Å². The van der Waals surface area contributed by atoms with Crippen molar-refractivity contribution in [3.63, 3.8) is 0 Å². The molecule has 3 N–H and O–H groups in total. The molecule has 1 heterocycles. The molecule has 0 aromatic carbocycles. The van der Waals surface area contributed by atoms with Crippen LogP contribution in [0.15, 0.2) is 12.4 Å². The van der Waals surface area contributed by atoms with Crippen LogP contribution in [0, 0.1) is 16.0 Å². The summed E-state index contributed by atoms with van der Waals surface area (Å²) in [5, 5.41) is 27.6. The first-order valence-corrected chi connectivity index (χ1v) is 10.2. The van der Waals surface area contributed by atoms with Crippen LogP contribution in [-0.2, 0) is 20.9 Å². The number of carbonyl (C=O) groups is 2. The standard InChI is InChI=1S/C20H35N5O6/c1-14(26)19(3,4)22-12-16(17(28)23-20(5,6)15(2)27)13-31-11-7-9-24-10-8-21-18(24)25(29)30/h8,10,16-17,22-23,28H,7,9,11-13H2,1-6H3. The number of carbonyl (C=O) groups excluding carboxylic acids is 2. The summed E-state index contributed by atoms with van der Waals surface area (Å²) < 4.78 is 7.14. The van der Waals surface area contributed by atoms with Crippen LogP contribution in [0.2, 0.25) is 0 Å². The lowest BCUT2D eigenvalue weighted by Crippen LogP contribution is -2.57. The van der Waals surface area contributed by atoms with Crippen molar-refractivity contribution >= 4 is 17.5 Å². The van der Waals surface area contributed by atoms with Gasteiger partial charge in [-0.15, -0.1) is 0 Å². The number of Topliss-reactive ketones (excluding diaryl/α,β-unsaturated/α-hetero) is 2. The van der Waals surface area contributed by atoms with Gasteiger partial charge in [0.25, 0.3) is 0 Å². The van der Waals surface area contributed by atoms with E-state index in [0.717, 1.165) is 0 Å². The van der Waals surface area contributed by atoms with Gasteiger partial charge in [0.15, 0.2) is 0 Å². The zero-order valence-electron chi connectivity index (χ0n) is 19.2. The van der Waals surface area contributed by atoms with E-state index in [1.165, 1.54) is 30.8 Å². The molecule has 1 rings (SSSR count). The van der Waals surface area contributed by atoms with Crippen LogP contribution in [0.4, 0.5) is 5.95 Å². The van der Waals surface area contributed by atoms with Gasteiger partial charge in [-0.05, 0) is 46.5 Å². The average Bonchev–Trinajstić information content (AvgIpc) is 3.11. The monoisotopic (exact) mass is 441 g/mol. The average molecular weight is 442 g/mol. The molecule has 0 radical (unpaired) electrons. The van der Waals surface area contributed by atoms with Gasteiger partial charge in [-0.25, -0.2) is 4.57 Å². The number of aryl methyl sites for hydroxylation is 1. The number of ether oxygens (including phenoxy) is 1. The van der Waals surface area contributed by atoms with E-state index in [2.05, 4.69) is 15.6 Å². The third kappa shape index (κ3) is 8.44. The topological polar surface area (TPSA) is 149 Å². The second-order valence-corrected chi connectivity index (χ2v) is 8.70. The van der Waals surface area contributed by atoms with E-state index in [9.17, 15) is 24.8 Å². The molecule has 176 valence electrons. The molecule has 0 aliphatic carbocycles. The fourth-order valence-corrected chi connectivity index (χ4v) is 2.58. The summed E-state index contributed by atoms with van der Waals surface area (Å²) in [5.41, 5.74) is -1.69. The number of hydrogen-bond donors (Lipinski definition) is 3. The Morgan fingerprint density at radius 2 is 1.87 bits per heavy atom. The molecular formula is C20H35N5O6. The zero-order chi connectivity index (χ0) is 23.8. The summed E-state index contributed by atoms with van der Waals surface area (Å²) in [7, 11) is 0. The van der Waals surface area contributed by atoms with Gasteiger partial charge in [0.1, 0.15) is 30.2 Å². The van der Waals surface area contributed by atoms with Crippen molar-refractivity contribution in [2.24, 2.45) is 5.92 Å². The minimum absolute atomic E-state index is 0.0411.